The van der Waals surface area contributed by atoms with Crippen LogP contribution in [0.3, 0.4) is 0 Å². The summed E-state index contributed by atoms with van der Waals surface area (Å²) in [6.07, 6.45) is 6.17. The Morgan fingerprint density at radius 3 is 2.77 bits per heavy atom. The zero-order valence-corrected chi connectivity index (χ0v) is 13.2. The number of nitrogens with one attached hydrogen (secondary N) is 1. The van der Waals surface area contributed by atoms with E-state index in [4.69, 9.17) is 0 Å². The number of hydrogen-bond donors (Lipinski definition) is 2. The van der Waals surface area contributed by atoms with Gasteiger partial charge in [-0.3, -0.25) is 4.98 Å². The number of benzene rings is 1. The second kappa shape index (κ2) is 6.44. The Hall–Kier alpha value is -1.94. The lowest BCUT2D eigenvalue weighted by Gasteiger charge is -2.14. The van der Waals surface area contributed by atoms with Crippen molar-refractivity contribution in [3.63, 3.8) is 0 Å². The quantitative estimate of drug-likeness (QED) is 0.909. The molecule has 1 aliphatic carbocycles. The highest BCUT2D eigenvalue weighted by Gasteiger charge is 2.28. The molecule has 2 atom stereocenters. The Kier molecular flexibility index (Phi) is 4.39. The van der Waals surface area contributed by atoms with Crippen LogP contribution in [0.5, 0.6) is 0 Å². The average Bonchev–Trinajstić information content (AvgIpc) is 2.95. The van der Waals surface area contributed by atoms with Crippen LogP contribution in [0.15, 0.2) is 30.6 Å². The lowest BCUT2D eigenvalue weighted by Crippen LogP contribution is -2.14. The molecule has 1 aliphatic rings. The minimum Gasteiger partial charge on any atom is -0.392 e. The second-order valence-corrected chi connectivity index (χ2v) is 6.21. The first kappa shape index (κ1) is 15.0. The minimum atomic E-state index is -0.274. The molecule has 1 fully saturated rings. The van der Waals surface area contributed by atoms with Crippen molar-refractivity contribution < 1.29 is 5.11 Å². The SMILES string of the molecule is Cc1ccc(CNc2cncc(C3CCCC3O)n2)cc1C. The first-order valence-corrected chi connectivity index (χ1v) is 7.93. The van der Waals surface area contributed by atoms with Crippen molar-refractivity contribution in [1.29, 1.82) is 0 Å². The van der Waals surface area contributed by atoms with Gasteiger partial charge >= 0.3 is 0 Å². The van der Waals surface area contributed by atoms with E-state index in [9.17, 15) is 5.11 Å². The summed E-state index contributed by atoms with van der Waals surface area (Å²) in [5, 5.41) is 13.3. The lowest BCUT2D eigenvalue weighted by molar-refractivity contribution is 0.162. The monoisotopic (exact) mass is 297 g/mol. The van der Waals surface area contributed by atoms with Gasteiger partial charge in [0.05, 0.1) is 18.0 Å². The van der Waals surface area contributed by atoms with E-state index in [1.165, 1.54) is 16.7 Å². The molecule has 2 N–H and O–H groups in total. The largest absolute Gasteiger partial charge is 0.392 e. The van der Waals surface area contributed by atoms with Crippen molar-refractivity contribution in [3.05, 3.63) is 53.0 Å². The molecule has 3 rings (SSSR count). The number of hydrogen-bond acceptors (Lipinski definition) is 4. The maximum atomic E-state index is 10.0. The number of aryl methyl sites for hydroxylation is 2. The second-order valence-electron chi connectivity index (χ2n) is 6.21. The Bertz CT molecular complexity index is 657. The van der Waals surface area contributed by atoms with Crippen LogP contribution in [-0.4, -0.2) is 21.2 Å². The van der Waals surface area contributed by atoms with E-state index in [0.29, 0.717) is 0 Å². The van der Waals surface area contributed by atoms with Crippen LogP contribution in [0.25, 0.3) is 0 Å². The average molecular weight is 297 g/mol. The van der Waals surface area contributed by atoms with Gasteiger partial charge in [-0.15, -0.1) is 0 Å². The Morgan fingerprint density at radius 2 is 2.05 bits per heavy atom. The molecule has 116 valence electrons. The standard InChI is InChI=1S/C18H23N3O/c1-12-6-7-14(8-13(12)2)9-20-18-11-19-10-16(21-18)15-4-3-5-17(15)22/h6-8,10-11,15,17,22H,3-5,9H2,1-2H3,(H,20,21). The molecule has 0 amide bonds. The van der Waals surface area contributed by atoms with E-state index >= 15 is 0 Å². The number of anilines is 1. The zero-order valence-electron chi connectivity index (χ0n) is 13.2. The summed E-state index contributed by atoms with van der Waals surface area (Å²) in [6, 6.07) is 6.47. The Morgan fingerprint density at radius 1 is 1.18 bits per heavy atom. The number of aromatic nitrogens is 2. The molecular formula is C18H23N3O. The van der Waals surface area contributed by atoms with Crippen molar-refractivity contribution in [2.75, 3.05) is 5.32 Å². The number of aliphatic hydroxyl groups is 1. The van der Waals surface area contributed by atoms with Gasteiger partial charge in [-0.05, 0) is 43.4 Å². The predicted molar refractivity (Wildman–Crippen MR) is 87.9 cm³/mol. The maximum Gasteiger partial charge on any atom is 0.145 e. The highest BCUT2D eigenvalue weighted by molar-refractivity contribution is 5.36. The third-order valence-corrected chi connectivity index (χ3v) is 4.56. The fourth-order valence-electron chi connectivity index (χ4n) is 3.04. The summed E-state index contributed by atoms with van der Waals surface area (Å²) in [7, 11) is 0. The minimum absolute atomic E-state index is 0.135. The van der Waals surface area contributed by atoms with Crippen LogP contribution >= 0.6 is 0 Å². The van der Waals surface area contributed by atoms with Gasteiger partial charge in [0.25, 0.3) is 0 Å². The van der Waals surface area contributed by atoms with Gasteiger partial charge < -0.3 is 10.4 Å². The van der Waals surface area contributed by atoms with Crippen LogP contribution in [0, 0.1) is 13.8 Å². The molecule has 1 aromatic heterocycles. The maximum absolute atomic E-state index is 10.0. The molecule has 1 saturated carbocycles. The fraction of sp³-hybridized carbons (Fsp3) is 0.444. The molecule has 1 aromatic carbocycles. The molecule has 1 heterocycles. The van der Waals surface area contributed by atoms with E-state index in [0.717, 1.165) is 37.3 Å². The summed E-state index contributed by atoms with van der Waals surface area (Å²) in [4.78, 5) is 8.90. The first-order valence-electron chi connectivity index (χ1n) is 7.93. The number of aliphatic hydroxyl groups excluding tert-OH is 1. The Labute approximate surface area is 131 Å². The highest BCUT2D eigenvalue weighted by Crippen LogP contribution is 2.33. The molecule has 0 radical (unpaired) electrons. The molecule has 2 aromatic rings. The van der Waals surface area contributed by atoms with Crippen molar-refractivity contribution in [1.82, 2.24) is 9.97 Å². The first-order chi connectivity index (χ1) is 10.6. The summed E-state index contributed by atoms with van der Waals surface area (Å²) in [5.74, 6) is 0.908. The van der Waals surface area contributed by atoms with Crippen LogP contribution in [0.4, 0.5) is 5.82 Å². The zero-order chi connectivity index (χ0) is 15.5. The normalized spacial score (nSPS) is 21.0. The summed E-state index contributed by atoms with van der Waals surface area (Å²) in [6.45, 7) is 4.97. The molecule has 2 unspecified atom stereocenters. The molecule has 4 nitrogen and oxygen atoms in total. The third kappa shape index (κ3) is 3.28. The molecule has 0 saturated heterocycles. The summed E-state index contributed by atoms with van der Waals surface area (Å²) < 4.78 is 0. The summed E-state index contributed by atoms with van der Waals surface area (Å²) >= 11 is 0. The lowest BCUT2D eigenvalue weighted by atomic mass is 10.0. The van der Waals surface area contributed by atoms with Gasteiger partial charge in [-0.2, -0.15) is 0 Å². The molecule has 4 heteroatoms. The van der Waals surface area contributed by atoms with Crippen molar-refractivity contribution in [2.45, 2.75) is 51.7 Å². The number of nitrogens with zero attached hydrogens (tertiary/aromatic N) is 2. The molecule has 0 bridgehead atoms. The van der Waals surface area contributed by atoms with Crippen molar-refractivity contribution in [3.8, 4) is 0 Å². The molecule has 0 aliphatic heterocycles. The van der Waals surface area contributed by atoms with Crippen LogP contribution in [-0.2, 0) is 6.54 Å². The number of rotatable bonds is 4. The molecular weight excluding hydrogens is 274 g/mol. The van der Waals surface area contributed by atoms with Crippen LogP contribution in [0.2, 0.25) is 0 Å². The summed E-state index contributed by atoms with van der Waals surface area (Å²) in [5.41, 5.74) is 4.74. The molecule has 22 heavy (non-hydrogen) atoms. The van der Waals surface area contributed by atoms with Gasteiger partial charge in [0.2, 0.25) is 0 Å². The topological polar surface area (TPSA) is 58.0 Å². The Balaban J connectivity index is 1.69. The van der Waals surface area contributed by atoms with Gasteiger partial charge in [-0.25, -0.2) is 4.98 Å². The van der Waals surface area contributed by atoms with Crippen molar-refractivity contribution >= 4 is 5.82 Å². The van der Waals surface area contributed by atoms with Gasteiger partial charge in [0, 0.05) is 18.7 Å². The third-order valence-electron chi connectivity index (χ3n) is 4.56. The van der Waals surface area contributed by atoms with Gasteiger partial charge in [-0.1, -0.05) is 24.6 Å². The van der Waals surface area contributed by atoms with Crippen LogP contribution < -0.4 is 5.32 Å². The van der Waals surface area contributed by atoms with E-state index in [2.05, 4.69) is 47.3 Å². The van der Waals surface area contributed by atoms with E-state index in [1.807, 2.05) is 0 Å². The van der Waals surface area contributed by atoms with E-state index < -0.39 is 0 Å². The molecule has 0 spiro atoms. The van der Waals surface area contributed by atoms with Gasteiger partial charge in [0.15, 0.2) is 0 Å². The van der Waals surface area contributed by atoms with E-state index in [1.54, 1.807) is 12.4 Å². The van der Waals surface area contributed by atoms with E-state index in [-0.39, 0.29) is 12.0 Å². The fourth-order valence-corrected chi connectivity index (χ4v) is 3.04. The van der Waals surface area contributed by atoms with Gasteiger partial charge in [0.1, 0.15) is 5.82 Å². The highest BCUT2D eigenvalue weighted by atomic mass is 16.3. The van der Waals surface area contributed by atoms with Crippen molar-refractivity contribution in [2.24, 2.45) is 0 Å². The predicted octanol–water partition coefficient (Wildman–Crippen LogP) is 3.33. The van der Waals surface area contributed by atoms with Crippen LogP contribution in [0.1, 0.15) is 47.6 Å². The smallest absolute Gasteiger partial charge is 0.145 e.